The first kappa shape index (κ1) is 24.7. The third kappa shape index (κ3) is 8.18. The predicted molar refractivity (Wildman–Crippen MR) is 133 cm³/mol. The number of rotatable bonds is 11. The second kappa shape index (κ2) is 13.0. The molecule has 0 spiro atoms. The van der Waals surface area contributed by atoms with Gasteiger partial charge in [-0.2, -0.15) is 0 Å². The number of hydrogen-bond acceptors (Lipinski definition) is 5. The molecule has 0 bridgehead atoms. The molecular formula is C26H36N4O3. The largest absolute Gasteiger partial charge is 0.371 e. The van der Waals surface area contributed by atoms with Gasteiger partial charge in [0.05, 0.1) is 12.2 Å². The number of piperidine rings is 1. The molecule has 1 aliphatic rings. The van der Waals surface area contributed by atoms with E-state index in [1.54, 1.807) is 6.07 Å². The second-order valence-electron chi connectivity index (χ2n) is 8.72. The van der Waals surface area contributed by atoms with Crippen LogP contribution in [-0.4, -0.2) is 63.6 Å². The molecule has 2 amide bonds. The SMILES string of the molecule is CN(C)CCCNC(=O)c1cc(NC(=O)COCc2ccccc2)ccc1N1CCCCC1. The average Bonchev–Trinajstić information content (AvgIpc) is 2.83. The molecule has 7 nitrogen and oxygen atoms in total. The summed E-state index contributed by atoms with van der Waals surface area (Å²) in [4.78, 5) is 29.8. The van der Waals surface area contributed by atoms with Gasteiger partial charge in [0.1, 0.15) is 6.61 Å². The van der Waals surface area contributed by atoms with E-state index in [-0.39, 0.29) is 18.4 Å². The Morgan fingerprint density at radius 3 is 2.52 bits per heavy atom. The zero-order chi connectivity index (χ0) is 23.5. The molecule has 0 unspecified atom stereocenters. The standard InChI is InChI=1S/C26H36N4O3/c1-29(2)15-9-14-27-26(32)23-18-22(12-13-24(23)30-16-7-4-8-17-30)28-25(31)20-33-19-21-10-5-3-6-11-21/h3,5-6,10-13,18H,4,7-9,14-17,19-20H2,1-2H3,(H,27,32)(H,28,31). The molecule has 0 atom stereocenters. The van der Waals surface area contributed by atoms with Crippen LogP contribution in [0.3, 0.4) is 0 Å². The Bertz CT molecular complexity index is 896. The number of benzene rings is 2. The van der Waals surface area contributed by atoms with Crippen LogP contribution in [0.2, 0.25) is 0 Å². The van der Waals surface area contributed by atoms with E-state index in [1.807, 2.05) is 56.6 Å². The van der Waals surface area contributed by atoms with Crippen molar-refractivity contribution < 1.29 is 14.3 Å². The first-order valence-electron chi connectivity index (χ1n) is 11.8. The van der Waals surface area contributed by atoms with Crippen LogP contribution in [0.15, 0.2) is 48.5 Å². The average molecular weight is 453 g/mol. The Labute approximate surface area is 197 Å². The fourth-order valence-corrected chi connectivity index (χ4v) is 3.93. The smallest absolute Gasteiger partial charge is 0.253 e. The maximum absolute atomic E-state index is 13.0. The highest BCUT2D eigenvalue weighted by Crippen LogP contribution is 2.27. The molecule has 1 heterocycles. The van der Waals surface area contributed by atoms with Gasteiger partial charge < -0.3 is 25.2 Å². The molecule has 0 saturated carbocycles. The number of anilines is 2. The second-order valence-corrected chi connectivity index (χ2v) is 8.72. The lowest BCUT2D eigenvalue weighted by molar-refractivity contribution is -0.121. The van der Waals surface area contributed by atoms with Gasteiger partial charge in [0.25, 0.3) is 5.91 Å². The van der Waals surface area contributed by atoms with E-state index in [2.05, 4.69) is 20.4 Å². The van der Waals surface area contributed by atoms with Crippen molar-refractivity contribution in [1.82, 2.24) is 10.2 Å². The summed E-state index contributed by atoms with van der Waals surface area (Å²) in [6.45, 7) is 3.75. The van der Waals surface area contributed by atoms with Crippen LogP contribution in [0.5, 0.6) is 0 Å². The predicted octanol–water partition coefficient (Wildman–Crippen LogP) is 3.51. The van der Waals surface area contributed by atoms with Crippen LogP contribution in [0.4, 0.5) is 11.4 Å². The maximum Gasteiger partial charge on any atom is 0.253 e. The van der Waals surface area contributed by atoms with Gasteiger partial charge in [-0.15, -0.1) is 0 Å². The van der Waals surface area contributed by atoms with Crippen LogP contribution in [0.1, 0.15) is 41.6 Å². The molecule has 1 saturated heterocycles. The fourth-order valence-electron chi connectivity index (χ4n) is 3.93. The number of hydrogen-bond donors (Lipinski definition) is 2. The van der Waals surface area contributed by atoms with Gasteiger partial charge in [-0.05, 0) is 70.1 Å². The summed E-state index contributed by atoms with van der Waals surface area (Å²) < 4.78 is 5.53. The molecule has 178 valence electrons. The van der Waals surface area contributed by atoms with Crippen molar-refractivity contribution in [1.29, 1.82) is 0 Å². The third-order valence-electron chi connectivity index (χ3n) is 5.63. The summed E-state index contributed by atoms with van der Waals surface area (Å²) in [6, 6.07) is 15.3. The summed E-state index contributed by atoms with van der Waals surface area (Å²) in [5.74, 6) is -0.347. The van der Waals surface area contributed by atoms with E-state index in [1.165, 1.54) is 6.42 Å². The molecule has 3 rings (SSSR count). The zero-order valence-corrected chi connectivity index (χ0v) is 19.8. The minimum Gasteiger partial charge on any atom is -0.371 e. The van der Waals surface area contributed by atoms with Crippen molar-refractivity contribution in [3.05, 3.63) is 59.7 Å². The van der Waals surface area contributed by atoms with E-state index in [0.717, 1.165) is 50.1 Å². The molecule has 2 N–H and O–H groups in total. The highest BCUT2D eigenvalue weighted by molar-refractivity contribution is 6.02. The molecule has 0 aliphatic carbocycles. The monoisotopic (exact) mass is 452 g/mol. The van der Waals surface area contributed by atoms with Gasteiger partial charge >= 0.3 is 0 Å². The topological polar surface area (TPSA) is 73.9 Å². The molecular weight excluding hydrogens is 416 g/mol. The van der Waals surface area contributed by atoms with E-state index in [4.69, 9.17) is 4.74 Å². The molecule has 2 aromatic rings. The lowest BCUT2D eigenvalue weighted by Gasteiger charge is -2.30. The van der Waals surface area contributed by atoms with Crippen molar-refractivity contribution in [2.75, 3.05) is 57.1 Å². The Kier molecular flexibility index (Phi) is 9.72. The van der Waals surface area contributed by atoms with Crippen LogP contribution in [0.25, 0.3) is 0 Å². The molecule has 33 heavy (non-hydrogen) atoms. The number of amides is 2. The van der Waals surface area contributed by atoms with E-state index >= 15 is 0 Å². The third-order valence-corrected chi connectivity index (χ3v) is 5.63. The quantitative estimate of drug-likeness (QED) is 0.511. The highest BCUT2D eigenvalue weighted by atomic mass is 16.5. The molecule has 1 fully saturated rings. The molecule has 0 aromatic heterocycles. The normalized spacial score (nSPS) is 13.7. The lowest BCUT2D eigenvalue weighted by atomic mass is 10.1. The number of carbonyl (C=O) groups excluding carboxylic acids is 2. The Morgan fingerprint density at radius 1 is 1.03 bits per heavy atom. The van der Waals surface area contributed by atoms with Gasteiger partial charge in [0.15, 0.2) is 0 Å². The van der Waals surface area contributed by atoms with Crippen LogP contribution >= 0.6 is 0 Å². The van der Waals surface area contributed by atoms with Gasteiger partial charge in [-0.25, -0.2) is 0 Å². The molecule has 2 aromatic carbocycles. The molecule has 0 radical (unpaired) electrons. The Balaban J connectivity index is 1.63. The minimum absolute atomic E-state index is 0.0468. The van der Waals surface area contributed by atoms with Gasteiger partial charge in [0.2, 0.25) is 5.91 Å². The highest BCUT2D eigenvalue weighted by Gasteiger charge is 2.19. The molecule has 7 heteroatoms. The van der Waals surface area contributed by atoms with Crippen LogP contribution in [-0.2, 0) is 16.1 Å². The van der Waals surface area contributed by atoms with E-state index in [9.17, 15) is 9.59 Å². The Morgan fingerprint density at radius 2 is 1.79 bits per heavy atom. The summed E-state index contributed by atoms with van der Waals surface area (Å²) in [5.41, 5.74) is 3.15. The first-order chi connectivity index (χ1) is 16.0. The lowest BCUT2D eigenvalue weighted by Crippen LogP contribution is -2.33. The van der Waals surface area contributed by atoms with E-state index < -0.39 is 0 Å². The summed E-state index contributed by atoms with van der Waals surface area (Å²) >= 11 is 0. The van der Waals surface area contributed by atoms with Gasteiger partial charge in [-0.3, -0.25) is 9.59 Å². The maximum atomic E-state index is 13.0. The Hall–Kier alpha value is -2.90. The van der Waals surface area contributed by atoms with Crippen molar-refractivity contribution >= 4 is 23.2 Å². The van der Waals surface area contributed by atoms with E-state index in [0.29, 0.717) is 24.4 Å². The van der Waals surface area contributed by atoms with Crippen molar-refractivity contribution in [3.63, 3.8) is 0 Å². The first-order valence-corrected chi connectivity index (χ1v) is 11.8. The van der Waals surface area contributed by atoms with Crippen molar-refractivity contribution in [2.24, 2.45) is 0 Å². The fraction of sp³-hybridized carbons (Fsp3) is 0.462. The number of ether oxygens (including phenoxy) is 1. The summed E-state index contributed by atoms with van der Waals surface area (Å²) in [7, 11) is 4.04. The summed E-state index contributed by atoms with van der Waals surface area (Å²) in [6.07, 6.45) is 4.36. The number of carbonyl (C=O) groups is 2. The van der Waals surface area contributed by atoms with Crippen LogP contribution in [0, 0.1) is 0 Å². The van der Waals surface area contributed by atoms with Crippen molar-refractivity contribution in [2.45, 2.75) is 32.3 Å². The van der Waals surface area contributed by atoms with Crippen LogP contribution < -0.4 is 15.5 Å². The number of nitrogens with one attached hydrogen (secondary N) is 2. The minimum atomic E-state index is -0.242. The van der Waals surface area contributed by atoms with Gasteiger partial charge in [0, 0.05) is 31.0 Å². The summed E-state index contributed by atoms with van der Waals surface area (Å²) in [5, 5.41) is 5.90. The van der Waals surface area contributed by atoms with Gasteiger partial charge in [-0.1, -0.05) is 30.3 Å². The number of nitrogens with zero attached hydrogens (tertiary/aromatic N) is 2. The zero-order valence-electron chi connectivity index (χ0n) is 19.8. The molecule has 1 aliphatic heterocycles. The van der Waals surface area contributed by atoms with Crippen molar-refractivity contribution in [3.8, 4) is 0 Å².